The second-order valence-electron chi connectivity index (χ2n) is 4.43. The maximum atomic E-state index is 11.8. The van der Waals surface area contributed by atoms with Crippen molar-refractivity contribution in [2.24, 2.45) is 0 Å². The molecule has 0 aromatic rings. The zero-order valence-corrected chi connectivity index (χ0v) is 10.7. The summed E-state index contributed by atoms with van der Waals surface area (Å²) in [6, 6.07) is -0.221. The van der Waals surface area contributed by atoms with Crippen molar-refractivity contribution in [2.75, 3.05) is 33.4 Å². The zero-order chi connectivity index (χ0) is 12.7. The van der Waals surface area contributed by atoms with E-state index < -0.39 is 0 Å². The summed E-state index contributed by atoms with van der Waals surface area (Å²) < 4.78 is 4.91. The Bertz CT molecular complexity index is 268. The van der Waals surface area contributed by atoms with Gasteiger partial charge in [-0.1, -0.05) is 0 Å². The van der Waals surface area contributed by atoms with Crippen LogP contribution in [0.15, 0.2) is 0 Å². The second kappa shape index (κ2) is 7.40. The maximum absolute atomic E-state index is 11.8. The van der Waals surface area contributed by atoms with Crippen LogP contribution in [0, 0.1) is 0 Å². The van der Waals surface area contributed by atoms with Crippen LogP contribution >= 0.6 is 0 Å². The van der Waals surface area contributed by atoms with Gasteiger partial charge in [0, 0.05) is 26.7 Å². The molecule has 1 aliphatic rings. The third-order valence-corrected chi connectivity index (χ3v) is 3.03. The molecular weight excluding hydrogens is 220 g/mol. The van der Waals surface area contributed by atoms with Gasteiger partial charge in [-0.25, -0.2) is 0 Å². The monoisotopic (exact) mass is 242 g/mol. The van der Waals surface area contributed by atoms with Crippen molar-refractivity contribution < 1.29 is 14.3 Å². The molecule has 0 aromatic heterocycles. The van der Waals surface area contributed by atoms with E-state index in [0.29, 0.717) is 26.1 Å². The van der Waals surface area contributed by atoms with Gasteiger partial charge in [-0.05, 0) is 26.3 Å². The maximum Gasteiger partial charge on any atom is 0.237 e. The number of hydrogen-bond donors (Lipinski definition) is 1. The summed E-state index contributed by atoms with van der Waals surface area (Å²) >= 11 is 0. The number of nitrogens with one attached hydrogen (secondary N) is 1. The number of amides is 1. The Morgan fingerprint density at radius 1 is 1.59 bits per heavy atom. The third-order valence-electron chi connectivity index (χ3n) is 3.03. The van der Waals surface area contributed by atoms with Crippen LogP contribution in [0.1, 0.15) is 26.2 Å². The number of carbonyl (C=O) groups excluding carboxylic acids is 2. The minimum Gasteiger partial charge on any atom is -0.385 e. The quantitative estimate of drug-likeness (QED) is 0.676. The highest BCUT2D eigenvalue weighted by atomic mass is 16.5. The van der Waals surface area contributed by atoms with Gasteiger partial charge in [0.05, 0.1) is 12.6 Å². The summed E-state index contributed by atoms with van der Waals surface area (Å²) in [7, 11) is 1.64. The minimum atomic E-state index is -0.221. The number of methoxy groups -OCH3 is 1. The van der Waals surface area contributed by atoms with E-state index in [9.17, 15) is 9.59 Å². The van der Waals surface area contributed by atoms with Crippen molar-refractivity contribution in [1.82, 2.24) is 10.2 Å². The number of rotatable bonds is 6. The second-order valence-corrected chi connectivity index (χ2v) is 4.43. The predicted octanol–water partition coefficient (Wildman–Crippen LogP) is 0.193. The molecule has 1 atom stereocenters. The fraction of sp³-hybridized carbons (Fsp3) is 0.833. The molecule has 1 saturated heterocycles. The molecule has 1 aliphatic heterocycles. The molecule has 0 saturated carbocycles. The summed E-state index contributed by atoms with van der Waals surface area (Å²) in [4.78, 5) is 25.1. The largest absolute Gasteiger partial charge is 0.385 e. The Kier molecular flexibility index (Phi) is 6.15. The van der Waals surface area contributed by atoms with Gasteiger partial charge < -0.3 is 10.1 Å². The van der Waals surface area contributed by atoms with E-state index >= 15 is 0 Å². The molecule has 0 spiro atoms. The Labute approximate surface area is 102 Å². The summed E-state index contributed by atoms with van der Waals surface area (Å²) in [6.07, 6.45) is 2.33. The normalized spacial score (nSPS) is 19.1. The van der Waals surface area contributed by atoms with Gasteiger partial charge in [-0.2, -0.15) is 0 Å². The number of Topliss-reactive ketones (excluding diaryl/α,β-unsaturated/α-hetero) is 1. The van der Waals surface area contributed by atoms with E-state index in [0.717, 1.165) is 19.4 Å². The van der Waals surface area contributed by atoms with Crippen LogP contribution in [0.3, 0.4) is 0 Å². The highest BCUT2D eigenvalue weighted by Gasteiger charge is 2.25. The highest BCUT2D eigenvalue weighted by Crippen LogP contribution is 2.09. The summed E-state index contributed by atoms with van der Waals surface area (Å²) in [5.41, 5.74) is 0. The molecule has 5 heteroatoms. The fourth-order valence-corrected chi connectivity index (χ4v) is 1.94. The standard InChI is InChI=1S/C12H22N2O3/c1-10(12(16)13-6-4-8-17-2)14-7-3-5-11(15)9-14/h10H,3-9H2,1-2H3,(H,13,16). The number of hydrogen-bond acceptors (Lipinski definition) is 4. The number of nitrogens with zero attached hydrogens (tertiary/aromatic N) is 1. The average Bonchev–Trinajstić information content (AvgIpc) is 2.33. The van der Waals surface area contributed by atoms with E-state index in [4.69, 9.17) is 4.74 Å². The molecule has 98 valence electrons. The smallest absolute Gasteiger partial charge is 0.237 e. The van der Waals surface area contributed by atoms with Gasteiger partial charge in [0.2, 0.25) is 5.91 Å². The van der Waals surface area contributed by atoms with Crippen LogP contribution in [-0.4, -0.2) is 56.0 Å². The van der Waals surface area contributed by atoms with Crippen LogP contribution in [0.5, 0.6) is 0 Å². The predicted molar refractivity (Wildman–Crippen MR) is 64.8 cm³/mol. The molecule has 1 N–H and O–H groups in total. The molecule has 0 bridgehead atoms. The van der Waals surface area contributed by atoms with E-state index in [1.54, 1.807) is 7.11 Å². The van der Waals surface area contributed by atoms with Crippen molar-refractivity contribution in [3.8, 4) is 0 Å². The number of piperidine rings is 1. The number of carbonyl (C=O) groups is 2. The van der Waals surface area contributed by atoms with Crippen LogP contribution in [-0.2, 0) is 14.3 Å². The van der Waals surface area contributed by atoms with Crippen LogP contribution in [0.4, 0.5) is 0 Å². The molecule has 0 aromatic carbocycles. The number of ether oxygens (including phenoxy) is 1. The van der Waals surface area contributed by atoms with Crippen molar-refractivity contribution in [3.05, 3.63) is 0 Å². The molecule has 0 aliphatic carbocycles. The van der Waals surface area contributed by atoms with Gasteiger partial charge in [0.15, 0.2) is 0 Å². The fourth-order valence-electron chi connectivity index (χ4n) is 1.94. The first kappa shape index (κ1) is 14.1. The van der Waals surface area contributed by atoms with Gasteiger partial charge >= 0.3 is 0 Å². The molecule has 0 radical (unpaired) electrons. The number of likely N-dealkylation sites (tertiary alicyclic amines) is 1. The molecule has 1 fully saturated rings. The molecular formula is C12H22N2O3. The van der Waals surface area contributed by atoms with Crippen LogP contribution < -0.4 is 5.32 Å². The van der Waals surface area contributed by atoms with E-state index in [2.05, 4.69) is 5.32 Å². The van der Waals surface area contributed by atoms with E-state index in [1.807, 2.05) is 11.8 Å². The van der Waals surface area contributed by atoms with Gasteiger partial charge in [-0.15, -0.1) is 0 Å². The van der Waals surface area contributed by atoms with E-state index in [1.165, 1.54) is 0 Å². The average molecular weight is 242 g/mol. The molecule has 1 rings (SSSR count). The van der Waals surface area contributed by atoms with Crippen molar-refractivity contribution in [2.45, 2.75) is 32.2 Å². The molecule has 1 amide bonds. The molecule has 1 heterocycles. The van der Waals surface area contributed by atoms with Gasteiger partial charge in [0.25, 0.3) is 0 Å². The Morgan fingerprint density at radius 3 is 3.00 bits per heavy atom. The van der Waals surface area contributed by atoms with Gasteiger partial charge in [-0.3, -0.25) is 14.5 Å². The molecule has 17 heavy (non-hydrogen) atoms. The van der Waals surface area contributed by atoms with Gasteiger partial charge in [0.1, 0.15) is 5.78 Å². The first-order valence-corrected chi connectivity index (χ1v) is 6.17. The Hall–Kier alpha value is -0.940. The van der Waals surface area contributed by atoms with Crippen LogP contribution in [0.25, 0.3) is 0 Å². The van der Waals surface area contributed by atoms with Crippen molar-refractivity contribution >= 4 is 11.7 Å². The first-order chi connectivity index (χ1) is 8.15. The lowest BCUT2D eigenvalue weighted by atomic mass is 10.1. The third kappa shape index (κ3) is 4.83. The summed E-state index contributed by atoms with van der Waals surface area (Å²) in [5.74, 6) is 0.228. The van der Waals surface area contributed by atoms with Crippen LogP contribution in [0.2, 0.25) is 0 Å². The molecule has 5 nitrogen and oxygen atoms in total. The Balaban J connectivity index is 2.27. The minimum absolute atomic E-state index is 0.00389. The zero-order valence-electron chi connectivity index (χ0n) is 10.7. The summed E-state index contributed by atoms with van der Waals surface area (Å²) in [6.45, 7) is 4.37. The lowest BCUT2D eigenvalue weighted by molar-refractivity contribution is -0.129. The number of ketones is 1. The highest BCUT2D eigenvalue weighted by molar-refractivity contribution is 5.84. The topological polar surface area (TPSA) is 58.6 Å². The van der Waals surface area contributed by atoms with E-state index in [-0.39, 0.29) is 17.7 Å². The first-order valence-electron chi connectivity index (χ1n) is 6.17. The lowest BCUT2D eigenvalue weighted by Gasteiger charge is -2.30. The van der Waals surface area contributed by atoms with Crippen molar-refractivity contribution in [3.63, 3.8) is 0 Å². The SMILES string of the molecule is COCCCNC(=O)C(C)N1CCCC(=O)C1. The summed E-state index contributed by atoms with van der Waals surface area (Å²) in [5, 5.41) is 2.86. The molecule has 1 unspecified atom stereocenters. The lowest BCUT2D eigenvalue weighted by Crippen LogP contribution is -2.49. The Morgan fingerprint density at radius 2 is 2.35 bits per heavy atom. The van der Waals surface area contributed by atoms with Crippen molar-refractivity contribution in [1.29, 1.82) is 0 Å².